The first-order valence-electron chi connectivity index (χ1n) is 8.02. The fraction of sp³-hybridized carbons (Fsp3) is 0.588. The van der Waals surface area contributed by atoms with Crippen molar-refractivity contribution in [1.82, 2.24) is 10.0 Å². The van der Waals surface area contributed by atoms with Gasteiger partial charge < -0.3 is 5.32 Å². The molecule has 0 aliphatic carbocycles. The Morgan fingerprint density at radius 1 is 1.17 bits per heavy atom. The van der Waals surface area contributed by atoms with Gasteiger partial charge in [0.25, 0.3) is 5.91 Å². The van der Waals surface area contributed by atoms with Crippen LogP contribution in [0.2, 0.25) is 0 Å². The number of hydrogen-bond acceptors (Lipinski definition) is 3. The van der Waals surface area contributed by atoms with Crippen LogP contribution in [-0.2, 0) is 10.0 Å². The molecule has 1 rings (SSSR count). The summed E-state index contributed by atoms with van der Waals surface area (Å²) < 4.78 is 26.0. The molecule has 0 spiro atoms. The summed E-state index contributed by atoms with van der Waals surface area (Å²) in [6.07, 6.45) is 3.11. The van der Waals surface area contributed by atoms with Gasteiger partial charge in [-0.3, -0.25) is 4.79 Å². The first-order chi connectivity index (χ1) is 10.7. The Labute approximate surface area is 139 Å². The molecule has 1 atom stereocenters. The molecule has 23 heavy (non-hydrogen) atoms. The van der Waals surface area contributed by atoms with Crippen molar-refractivity contribution in [2.45, 2.75) is 57.9 Å². The Kier molecular flexibility index (Phi) is 7.22. The highest BCUT2D eigenvalue weighted by atomic mass is 32.2. The van der Waals surface area contributed by atoms with Crippen LogP contribution in [0.3, 0.4) is 0 Å². The maximum atomic E-state index is 12.4. The van der Waals surface area contributed by atoms with Gasteiger partial charge in [0, 0.05) is 11.6 Å². The lowest BCUT2D eigenvalue weighted by molar-refractivity contribution is 0.0937. The molecule has 0 aliphatic heterocycles. The van der Waals surface area contributed by atoms with Crippen LogP contribution in [-0.4, -0.2) is 27.4 Å². The minimum Gasteiger partial charge on any atom is -0.350 e. The van der Waals surface area contributed by atoms with E-state index in [0.29, 0.717) is 11.5 Å². The van der Waals surface area contributed by atoms with E-state index in [1.165, 1.54) is 19.2 Å². The van der Waals surface area contributed by atoms with Gasteiger partial charge in [0.2, 0.25) is 10.0 Å². The van der Waals surface area contributed by atoms with E-state index in [4.69, 9.17) is 0 Å². The zero-order valence-electron chi connectivity index (χ0n) is 14.6. The zero-order chi connectivity index (χ0) is 17.6. The molecule has 130 valence electrons. The molecular weight excluding hydrogens is 312 g/mol. The van der Waals surface area contributed by atoms with Gasteiger partial charge in [-0.15, -0.1) is 0 Å². The van der Waals surface area contributed by atoms with E-state index in [1.807, 2.05) is 6.92 Å². The molecule has 0 bridgehead atoms. The van der Waals surface area contributed by atoms with Crippen molar-refractivity contribution in [1.29, 1.82) is 0 Å². The maximum absolute atomic E-state index is 12.4. The van der Waals surface area contributed by atoms with Crippen LogP contribution < -0.4 is 10.0 Å². The molecule has 0 heterocycles. The lowest BCUT2D eigenvalue weighted by Crippen LogP contribution is -2.33. The van der Waals surface area contributed by atoms with Crippen molar-refractivity contribution < 1.29 is 13.2 Å². The minimum atomic E-state index is -3.55. The van der Waals surface area contributed by atoms with E-state index in [1.54, 1.807) is 13.0 Å². The second kappa shape index (κ2) is 8.45. The van der Waals surface area contributed by atoms with Crippen LogP contribution in [0.5, 0.6) is 0 Å². The van der Waals surface area contributed by atoms with E-state index in [0.717, 1.165) is 24.8 Å². The van der Waals surface area contributed by atoms with E-state index >= 15 is 0 Å². The van der Waals surface area contributed by atoms with Crippen molar-refractivity contribution in [2.24, 2.45) is 5.92 Å². The summed E-state index contributed by atoms with van der Waals surface area (Å²) in [6, 6.07) is 4.65. The van der Waals surface area contributed by atoms with E-state index < -0.39 is 10.0 Å². The monoisotopic (exact) mass is 340 g/mol. The van der Waals surface area contributed by atoms with Crippen LogP contribution in [0.1, 0.15) is 56.0 Å². The summed E-state index contributed by atoms with van der Waals surface area (Å²) >= 11 is 0. The van der Waals surface area contributed by atoms with E-state index in [-0.39, 0.29) is 16.8 Å². The molecule has 0 aliphatic rings. The molecule has 1 aromatic carbocycles. The Bertz CT molecular complexity index is 639. The summed E-state index contributed by atoms with van der Waals surface area (Å²) in [5, 5.41) is 2.95. The van der Waals surface area contributed by atoms with Crippen molar-refractivity contribution in [3.8, 4) is 0 Å². The highest BCUT2D eigenvalue weighted by molar-refractivity contribution is 7.89. The summed E-state index contributed by atoms with van der Waals surface area (Å²) in [7, 11) is -2.20. The zero-order valence-corrected chi connectivity index (χ0v) is 15.5. The van der Waals surface area contributed by atoms with Crippen molar-refractivity contribution in [3.63, 3.8) is 0 Å². The number of carbonyl (C=O) groups is 1. The second-order valence-corrected chi connectivity index (χ2v) is 8.27. The number of sulfonamides is 1. The molecule has 6 heteroatoms. The molecule has 0 fully saturated rings. The molecule has 5 nitrogen and oxygen atoms in total. The third kappa shape index (κ3) is 5.95. The van der Waals surface area contributed by atoms with E-state index in [9.17, 15) is 13.2 Å². The first kappa shape index (κ1) is 19.6. The van der Waals surface area contributed by atoms with Gasteiger partial charge >= 0.3 is 0 Å². The van der Waals surface area contributed by atoms with Crippen molar-refractivity contribution >= 4 is 15.9 Å². The standard InChI is InChI=1S/C17H28N2O3S/c1-12(2)7-6-8-14(4)19-17(20)16-11-15(10-9-13(16)3)23(21,22)18-5/h9-12,14,18H,6-8H2,1-5H3,(H,19,20). The highest BCUT2D eigenvalue weighted by Crippen LogP contribution is 2.16. The minimum absolute atomic E-state index is 0.0604. The maximum Gasteiger partial charge on any atom is 0.251 e. The molecular formula is C17H28N2O3S. The number of carbonyl (C=O) groups excluding carboxylic acids is 1. The quantitative estimate of drug-likeness (QED) is 0.764. The van der Waals surface area contributed by atoms with Crippen LogP contribution >= 0.6 is 0 Å². The predicted octanol–water partition coefficient (Wildman–Crippen LogP) is 2.85. The van der Waals surface area contributed by atoms with Gasteiger partial charge in [0.15, 0.2) is 0 Å². The summed E-state index contributed by atoms with van der Waals surface area (Å²) in [5.41, 5.74) is 1.16. The highest BCUT2D eigenvalue weighted by Gasteiger charge is 2.17. The number of aryl methyl sites for hydroxylation is 1. The van der Waals surface area contributed by atoms with Gasteiger partial charge in [0.05, 0.1) is 4.90 Å². The lowest BCUT2D eigenvalue weighted by Gasteiger charge is -2.16. The molecule has 1 unspecified atom stereocenters. The van der Waals surface area contributed by atoms with Gasteiger partial charge in [0.1, 0.15) is 0 Å². The summed E-state index contributed by atoms with van der Waals surface area (Å²) in [5.74, 6) is 0.427. The van der Waals surface area contributed by atoms with E-state index in [2.05, 4.69) is 23.9 Å². The predicted molar refractivity (Wildman–Crippen MR) is 93.0 cm³/mol. The fourth-order valence-corrected chi connectivity index (χ4v) is 3.09. The Hall–Kier alpha value is -1.40. The lowest BCUT2D eigenvalue weighted by atomic mass is 10.0. The van der Waals surface area contributed by atoms with Gasteiger partial charge in [-0.25, -0.2) is 13.1 Å². The van der Waals surface area contributed by atoms with Crippen LogP contribution in [0.15, 0.2) is 23.1 Å². The smallest absolute Gasteiger partial charge is 0.251 e. The Morgan fingerprint density at radius 3 is 2.39 bits per heavy atom. The van der Waals surface area contributed by atoms with Gasteiger partial charge in [-0.05, 0) is 50.9 Å². The molecule has 1 amide bonds. The molecule has 0 aromatic heterocycles. The summed E-state index contributed by atoms with van der Waals surface area (Å²) in [6.45, 7) is 8.14. The Morgan fingerprint density at radius 2 is 1.83 bits per heavy atom. The number of amides is 1. The SMILES string of the molecule is CNS(=O)(=O)c1ccc(C)c(C(=O)NC(C)CCCC(C)C)c1. The molecule has 0 saturated heterocycles. The van der Waals surface area contributed by atoms with Gasteiger partial charge in [-0.1, -0.05) is 32.8 Å². The first-order valence-corrected chi connectivity index (χ1v) is 9.50. The number of rotatable bonds is 8. The molecule has 2 N–H and O–H groups in total. The van der Waals surface area contributed by atoms with Crippen LogP contribution in [0, 0.1) is 12.8 Å². The van der Waals surface area contributed by atoms with Crippen molar-refractivity contribution in [2.75, 3.05) is 7.05 Å². The Balaban J connectivity index is 2.81. The molecule has 1 aromatic rings. The third-order valence-electron chi connectivity index (χ3n) is 3.83. The number of nitrogens with one attached hydrogen (secondary N) is 2. The van der Waals surface area contributed by atoms with Crippen molar-refractivity contribution in [3.05, 3.63) is 29.3 Å². The average molecular weight is 340 g/mol. The summed E-state index contributed by atoms with van der Waals surface area (Å²) in [4.78, 5) is 12.5. The topological polar surface area (TPSA) is 75.3 Å². The average Bonchev–Trinajstić information content (AvgIpc) is 2.46. The third-order valence-corrected chi connectivity index (χ3v) is 5.24. The largest absolute Gasteiger partial charge is 0.350 e. The second-order valence-electron chi connectivity index (χ2n) is 6.38. The number of hydrogen-bond donors (Lipinski definition) is 2. The molecule has 0 saturated carbocycles. The number of benzene rings is 1. The normalized spacial score (nSPS) is 13.1. The van der Waals surface area contributed by atoms with Gasteiger partial charge in [-0.2, -0.15) is 0 Å². The van der Waals surface area contributed by atoms with Crippen LogP contribution in [0.25, 0.3) is 0 Å². The fourth-order valence-electron chi connectivity index (χ4n) is 2.34. The van der Waals surface area contributed by atoms with Crippen LogP contribution in [0.4, 0.5) is 0 Å². The molecule has 0 radical (unpaired) electrons.